The van der Waals surface area contributed by atoms with Crippen molar-refractivity contribution < 1.29 is 42.9 Å². The lowest BCUT2D eigenvalue weighted by molar-refractivity contribution is -0.135. The number of aryl methyl sites for hydroxylation is 1. The number of carbonyl (C=O) groups is 4. The maximum absolute atomic E-state index is 12.6. The number of likely N-dealkylation sites (N-methyl/N-ethyl adjacent to an activating group) is 2. The molecule has 0 heterocycles. The first-order valence-corrected chi connectivity index (χ1v) is 21.4. The molecule has 0 aliphatic carbocycles. The van der Waals surface area contributed by atoms with Crippen molar-refractivity contribution in [2.75, 3.05) is 87.0 Å². The molecule has 2 aromatic rings. The number of ether oxygens (including phenoxy) is 5. The van der Waals surface area contributed by atoms with Crippen LogP contribution in [0, 0.1) is 14.1 Å². The molecule has 2 rings (SSSR count). The molecule has 4 amide bonds. The number of nitrogens with one attached hydrogen (secondary N) is 2. The highest BCUT2D eigenvalue weighted by atomic mass is 127. The van der Waals surface area contributed by atoms with Gasteiger partial charge >= 0.3 is 0 Å². The first-order chi connectivity index (χ1) is 27.1. The normalized spacial score (nSPS) is 12.0. The molecule has 2 unspecified atom stereocenters. The first kappa shape index (κ1) is 50.2. The van der Waals surface area contributed by atoms with Crippen LogP contribution in [0.2, 0.25) is 0 Å². The summed E-state index contributed by atoms with van der Waals surface area (Å²) in [4.78, 5) is 52.5. The minimum atomic E-state index is -0.285. The molecule has 0 aromatic heterocycles. The fourth-order valence-corrected chi connectivity index (χ4v) is 6.59. The molecule has 0 aliphatic rings. The zero-order valence-corrected chi connectivity index (χ0v) is 38.6. The predicted molar refractivity (Wildman–Crippen MR) is 237 cm³/mol. The van der Waals surface area contributed by atoms with E-state index in [1.165, 1.54) is 15.4 Å². The number of benzene rings is 2. The van der Waals surface area contributed by atoms with Crippen molar-refractivity contribution >= 4 is 68.8 Å². The second kappa shape index (κ2) is 27.7. The van der Waals surface area contributed by atoms with E-state index in [0.717, 1.165) is 35.5 Å². The summed E-state index contributed by atoms with van der Waals surface area (Å²) in [5.74, 6) is 1.42. The number of hydrogen-bond donors (Lipinski definition) is 4. The molecule has 0 radical (unpaired) electrons. The van der Waals surface area contributed by atoms with Crippen molar-refractivity contribution in [2.45, 2.75) is 71.4 Å². The zero-order chi connectivity index (χ0) is 42.3. The minimum absolute atomic E-state index is 0.00773. The summed E-state index contributed by atoms with van der Waals surface area (Å²) in [5.41, 5.74) is 15.2. The van der Waals surface area contributed by atoms with Crippen molar-refractivity contribution in [1.82, 2.24) is 20.4 Å². The van der Waals surface area contributed by atoms with Crippen LogP contribution in [0.15, 0.2) is 24.3 Å². The lowest BCUT2D eigenvalue weighted by Crippen LogP contribution is -2.39. The van der Waals surface area contributed by atoms with Gasteiger partial charge in [-0.1, -0.05) is 6.07 Å². The highest BCUT2D eigenvalue weighted by Gasteiger charge is 2.16. The molecule has 0 bridgehead atoms. The number of amides is 4. The van der Waals surface area contributed by atoms with E-state index in [0.29, 0.717) is 58.7 Å². The molecular formula is C40H62I2N6O9. The Bertz CT molecular complexity index is 1580. The van der Waals surface area contributed by atoms with Crippen molar-refractivity contribution in [3.63, 3.8) is 0 Å². The van der Waals surface area contributed by atoms with E-state index in [-0.39, 0.29) is 81.4 Å². The summed E-state index contributed by atoms with van der Waals surface area (Å²) in [6, 6.07) is 7.91. The van der Waals surface area contributed by atoms with Gasteiger partial charge in [0.15, 0.2) is 0 Å². The number of nitrogens with zero attached hydrogens (tertiary/aromatic N) is 2. The number of nitrogens with two attached hydrogens (primary N) is 2. The maximum atomic E-state index is 12.6. The van der Waals surface area contributed by atoms with Crippen molar-refractivity contribution in [3.8, 4) is 17.2 Å². The predicted octanol–water partition coefficient (Wildman–Crippen LogP) is 3.19. The minimum Gasteiger partial charge on any atom is -0.496 e. The van der Waals surface area contributed by atoms with Crippen LogP contribution in [0.5, 0.6) is 17.2 Å². The van der Waals surface area contributed by atoms with Crippen LogP contribution >= 0.6 is 45.2 Å². The second-order valence-corrected chi connectivity index (χ2v) is 16.3. The largest absolute Gasteiger partial charge is 0.496 e. The van der Waals surface area contributed by atoms with Gasteiger partial charge in [0.1, 0.15) is 17.2 Å². The van der Waals surface area contributed by atoms with Gasteiger partial charge in [-0.05, 0) is 127 Å². The molecule has 0 aliphatic heterocycles. The molecule has 0 fully saturated rings. The molecule has 320 valence electrons. The van der Waals surface area contributed by atoms with Crippen LogP contribution < -0.4 is 36.3 Å². The molecule has 0 saturated heterocycles. The Kier molecular flexibility index (Phi) is 24.3. The van der Waals surface area contributed by atoms with Crippen molar-refractivity contribution in [2.24, 2.45) is 11.5 Å². The lowest BCUT2D eigenvalue weighted by atomic mass is 10.0. The summed E-state index contributed by atoms with van der Waals surface area (Å²) in [6.07, 6.45) is 2.86. The van der Waals surface area contributed by atoms with Gasteiger partial charge in [0, 0.05) is 55.7 Å². The monoisotopic (exact) mass is 1020 g/mol. The summed E-state index contributed by atoms with van der Waals surface area (Å²) >= 11 is 4.47. The summed E-state index contributed by atoms with van der Waals surface area (Å²) < 4.78 is 30.4. The van der Waals surface area contributed by atoms with Gasteiger partial charge in [-0.2, -0.15) is 0 Å². The molecule has 6 N–H and O–H groups in total. The molecule has 0 saturated carbocycles. The Morgan fingerprint density at radius 3 is 1.54 bits per heavy atom. The third-order valence-electron chi connectivity index (χ3n) is 8.47. The van der Waals surface area contributed by atoms with Crippen LogP contribution in [0.4, 0.5) is 0 Å². The topological polar surface area (TPSA) is 197 Å². The van der Waals surface area contributed by atoms with E-state index < -0.39 is 0 Å². The molecule has 2 atom stereocenters. The Hall–Kier alpha value is -2.98. The van der Waals surface area contributed by atoms with Gasteiger partial charge in [0.2, 0.25) is 23.6 Å². The van der Waals surface area contributed by atoms with Crippen molar-refractivity contribution in [1.29, 1.82) is 0 Å². The van der Waals surface area contributed by atoms with Crippen LogP contribution in [-0.4, -0.2) is 133 Å². The SMILES string of the molecule is COc1cc(CC(C)N)c(OCCCC(=O)N(C)CC(=O)NCCOCCOCCNC(=O)CN(C)C(=O)CCCOc2cc(I)c(C)cc2CC(C)N)cc1I. The summed E-state index contributed by atoms with van der Waals surface area (Å²) in [5, 5.41) is 5.49. The summed E-state index contributed by atoms with van der Waals surface area (Å²) in [7, 11) is 4.81. The average molecular weight is 1020 g/mol. The lowest BCUT2D eigenvalue weighted by Gasteiger charge is -2.18. The zero-order valence-electron chi connectivity index (χ0n) is 34.3. The van der Waals surface area contributed by atoms with Gasteiger partial charge in [0.25, 0.3) is 0 Å². The molecule has 0 spiro atoms. The summed E-state index contributed by atoms with van der Waals surface area (Å²) in [6.45, 7) is 8.32. The van der Waals surface area contributed by atoms with E-state index in [4.69, 9.17) is 35.2 Å². The second-order valence-electron chi connectivity index (χ2n) is 14.0. The highest BCUT2D eigenvalue weighted by molar-refractivity contribution is 14.1. The standard InChI is InChI=1S/C40H62I2N6O9/c1-27-19-30(20-28(2)43)34(23-32(27)41)56-13-7-9-39(51)47(4)25-37(49)45-11-15-54-17-18-55-16-12-46-38(50)26-48(5)40(52)10-8-14-57-35-24-33(42)36(53-6)22-31(35)21-29(3)44/h19,22-24,28-29H,7-18,20-21,25-26,43-44H2,1-6H3,(H,45,49)(H,46,50). The number of rotatable bonds is 28. The third-order valence-corrected chi connectivity index (χ3v) is 10.5. The average Bonchev–Trinajstić information content (AvgIpc) is 3.14. The van der Waals surface area contributed by atoms with Crippen molar-refractivity contribution in [3.05, 3.63) is 48.1 Å². The van der Waals surface area contributed by atoms with Crippen LogP contribution in [-0.2, 0) is 41.5 Å². The Morgan fingerprint density at radius 1 is 0.667 bits per heavy atom. The molecule has 17 heteroatoms. The molecule has 2 aromatic carbocycles. The number of hydrogen-bond acceptors (Lipinski definition) is 11. The fraction of sp³-hybridized carbons (Fsp3) is 0.600. The molecule has 57 heavy (non-hydrogen) atoms. The van der Waals surface area contributed by atoms with E-state index in [9.17, 15) is 19.2 Å². The van der Waals surface area contributed by atoms with E-state index in [2.05, 4.69) is 68.8 Å². The Morgan fingerprint density at radius 2 is 1.11 bits per heavy atom. The third kappa shape index (κ3) is 20.5. The van der Waals surface area contributed by atoms with Crippen LogP contribution in [0.3, 0.4) is 0 Å². The van der Waals surface area contributed by atoms with Gasteiger partial charge < -0.3 is 55.6 Å². The van der Waals surface area contributed by atoms with E-state index in [1.54, 1.807) is 21.2 Å². The molecular weight excluding hydrogens is 962 g/mol. The van der Waals surface area contributed by atoms with Gasteiger partial charge in [-0.25, -0.2) is 0 Å². The van der Waals surface area contributed by atoms with Gasteiger partial charge in [-0.15, -0.1) is 0 Å². The molecule has 15 nitrogen and oxygen atoms in total. The Balaban J connectivity index is 1.49. The van der Waals surface area contributed by atoms with Gasteiger partial charge in [0.05, 0.1) is 63.4 Å². The Labute approximate surface area is 365 Å². The maximum Gasteiger partial charge on any atom is 0.239 e. The highest BCUT2D eigenvalue weighted by Crippen LogP contribution is 2.31. The van der Waals surface area contributed by atoms with E-state index >= 15 is 0 Å². The number of methoxy groups -OCH3 is 1. The number of halogens is 2. The van der Waals surface area contributed by atoms with Gasteiger partial charge in [-0.3, -0.25) is 19.2 Å². The smallest absolute Gasteiger partial charge is 0.239 e. The van der Waals surface area contributed by atoms with Crippen LogP contribution in [0.1, 0.15) is 56.2 Å². The first-order valence-electron chi connectivity index (χ1n) is 19.2. The van der Waals surface area contributed by atoms with E-state index in [1.807, 2.05) is 32.0 Å². The number of carbonyl (C=O) groups excluding carboxylic acids is 4. The quantitative estimate of drug-likeness (QED) is 0.0722. The fourth-order valence-electron chi connectivity index (χ4n) is 5.50. The van der Waals surface area contributed by atoms with Crippen LogP contribution in [0.25, 0.3) is 0 Å².